The zero-order chi connectivity index (χ0) is 9.42. The molecule has 68 valence electrons. The maximum Gasteiger partial charge on any atom is 0.216 e. The van der Waals surface area contributed by atoms with Crippen LogP contribution in [0.3, 0.4) is 0 Å². The summed E-state index contributed by atoms with van der Waals surface area (Å²) in [6.07, 6.45) is 0. The molecule has 3 heteroatoms. The molecule has 0 amide bonds. The molecule has 0 aliphatic heterocycles. The number of nitrogens with one attached hydrogen (secondary N) is 1. The minimum Gasteiger partial charge on any atom is -0.252 e. The first-order valence-corrected chi connectivity index (χ1v) is 4.32. The first-order valence-electron chi connectivity index (χ1n) is 4.32. The molecule has 0 atom stereocenters. The highest BCUT2D eigenvalue weighted by molar-refractivity contribution is 5.79. The van der Waals surface area contributed by atoms with Crippen LogP contribution < -0.4 is 0 Å². The lowest BCUT2D eigenvalue weighted by molar-refractivity contribution is 0.588. The van der Waals surface area contributed by atoms with E-state index >= 15 is 0 Å². The molecule has 0 aliphatic carbocycles. The van der Waals surface area contributed by atoms with Crippen LogP contribution in [-0.4, -0.2) is 10.2 Å². The van der Waals surface area contributed by atoms with E-state index in [1.165, 1.54) is 0 Å². The average Bonchev–Trinajstić information content (AvgIpc) is 2.47. The summed E-state index contributed by atoms with van der Waals surface area (Å²) in [6.45, 7) is 4.16. The number of hydrogen-bond donors (Lipinski definition) is 1. The number of benzene rings is 1. The van der Waals surface area contributed by atoms with E-state index in [1.54, 1.807) is 0 Å². The Bertz CT molecular complexity index is 431. The van der Waals surface area contributed by atoms with Gasteiger partial charge in [0.1, 0.15) is 0 Å². The Morgan fingerprint density at radius 3 is 2.85 bits per heavy atom. The molecule has 2 nitrogen and oxygen atoms in total. The summed E-state index contributed by atoms with van der Waals surface area (Å²) < 4.78 is 13.1. The van der Waals surface area contributed by atoms with Gasteiger partial charge in [-0.2, -0.15) is 9.49 Å². The number of rotatable bonds is 1. The Morgan fingerprint density at radius 2 is 2.15 bits per heavy atom. The van der Waals surface area contributed by atoms with Gasteiger partial charge in [0.05, 0.1) is 10.9 Å². The van der Waals surface area contributed by atoms with Gasteiger partial charge in [-0.3, -0.25) is 5.10 Å². The highest BCUT2D eigenvalue weighted by Crippen LogP contribution is 2.21. The molecule has 0 aliphatic rings. The number of hydrogen-bond acceptors (Lipinski definition) is 1. The van der Waals surface area contributed by atoms with Crippen LogP contribution in [0.15, 0.2) is 18.2 Å². The number of nitrogens with zero attached hydrogens (tertiary/aromatic N) is 1. The van der Waals surface area contributed by atoms with Gasteiger partial charge in [0, 0.05) is 0 Å². The summed E-state index contributed by atoms with van der Waals surface area (Å²) in [5.74, 6) is 0.0659. The van der Waals surface area contributed by atoms with Crippen molar-refractivity contribution in [3.8, 4) is 0 Å². The summed E-state index contributed by atoms with van der Waals surface area (Å²) in [5.41, 5.74) is 1.81. The number of aromatic nitrogens is 2. The largest absolute Gasteiger partial charge is 0.252 e. The maximum absolute atomic E-state index is 13.1. The predicted molar refractivity (Wildman–Crippen MR) is 50.1 cm³/mol. The number of halogens is 1. The number of fused-ring (bicyclic) bond motifs is 1. The lowest BCUT2D eigenvalue weighted by atomic mass is 10.0. The number of H-pyrrole nitrogens is 1. The van der Waals surface area contributed by atoms with E-state index in [0.29, 0.717) is 16.8 Å². The lowest BCUT2D eigenvalue weighted by Crippen LogP contribution is -1.86. The molecule has 2 rings (SSSR count). The van der Waals surface area contributed by atoms with Crippen LogP contribution in [0.4, 0.5) is 4.39 Å². The zero-order valence-electron chi connectivity index (χ0n) is 7.63. The van der Waals surface area contributed by atoms with E-state index in [4.69, 9.17) is 0 Å². The number of aromatic amines is 1. The second kappa shape index (κ2) is 2.83. The fourth-order valence-corrected chi connectivity index (χ4v) is 1.36. The highest BCUT2D eigenvalue weighted by atomic mass is 19.1. The van der Waals surface area contributed by atoms with Gasteiger partial charge < -0.3 is 0 Å². The summed E-state index contributed by atoms with van der Waals surface area (Å²) in [6, 6.07) is 5.66. The van der Waals surface area contributed by atoms with Crippen LogP contribution in [0.1, 0.15) is 25.3 Å². The second-order valence-corrected chi connectivity index (χ2v) is 3.47. The topological polar surface area (TPSA) is 28.7 Å². The molecule has 13 heavy (non-hydrogen) atoms. The Labute approximate surface area is 75.8 Å². The lowest BCUT2D eigenvalue weighted by Gasteiger charge is -2.03. The fraction of sp³-hybridized carbons (Fsp3) is 0.300. The van der Waals surface area contributed by atoms with Crippen molar-refractivity contribution in [2.24, 2.45) is 0 Å². The Kier molecular flexibility index (Phi) is 1.79. The van der Waals surface area contributed by atoms with Crippen LogP contribution in [0.25, 0.3) is 10.9 Å². The van der Waals surface area contributed by atoms with Crippen molar-refractivity contribution in [1.82, 2.24) is 10.2 Å². The first kappa shape index (κ1) is 8.23. The van der Waals surface area contributed by atoms with Crippen molar-refractivity contribution in [1.29, 1.82) is 0 Å². The summed E-state index contributed by atoms with van der Waals surface area (Å²) in [7, 11) is 0. The summed E-state index contributed by atoms with van der Waals surface area (Å²) in [4.78, 5) is 0. The third-order valence-electron chi connectivity index (χ3n) is 2.20. The average molecular weight is 178 g/mol. The SMILES string of the molecule is CC(C)c1ccc2n[nH]c(F)c2c1. The van der Waals surface area contributed by atoms with E-state index in [0.717, 1.165) is 5.56 Å². The molecule has 0 unspecified atom stereocenters. The van der Waals surface area contributed by atoms with Crippen LogP contribution >= 0.6 is 0 Å². The van der Waals surface area contributed by atoms with Crippen LogP contribution in [0, 0.1) is 5.95 Å². The van der Waals surface area contributed by atoms with E-state index in [-0.39, 0.29) is 5.95 Å². The van der Waals surface area contributed by atoms with Crippen molar-refractivity contribution in [2.45, 2.75) is 19.8 Å². The smallest absolute Gasteiger partial charge is 0.216 e. The molecule has 2 aromatic rings. The quantitative estimate of drug-likeness (QED) is 0.714. The molecule has 1 aromatic heterocycles. The minimum atomic E-state index is -0.350. The molecular weight excluding hydrogens is 167 g/mol. The van der Waals surface area contributed by atoms with Gasteiger partial charge in [-0.25, -0.2) is 0 Å². The molecule has 0 bridgehead atoms. The summed E-state index contributed by atoms with van der Waals surface area (Å²) >= 11 is 0. The molecule has 1 aromatic carbocycles. The Hall–Kier alpha value is -1.38. The van der Waals surface area contributed by atoms with E-state index < -0.39 is 0 Å². The Balaban J connectivity index is 2.66. The highest BCUT2D eigenvalue weighted by Gasteiger charge is 2.06. The predicted octanol–water partition coefficient (Wildman–Crippen LogP) is 2.83. The third-order valence-corrected chi connectivity index (χ3v) is 2.20. The monoisotopic (exact) mass is 178 g/mol. The Morgan fingerprint density at radius 1 is 1.38 bits per heavy atom. The van der Waals surface area contributed by atoms with Crippen molar-refractivity contribution < 1.29 is 4.39 Å². The van der Waals surface area contributed by atoms with Crippen LogP contribution in [0.5, 0.6) is 0 Å². The first-order chi connectivity index (χ1) is 6.18. The third kappa shape index (κ3) is 1.30. The molecule has 1 heterocycles. The van der Waals surface area contributed by atoms with Crippen LogP contribution in [0.2, 0.25) is 0 Å². The molecule has 0 radical (unpaired) electrons. The van der Waals surface area contributed by atoms with E-state index in [2.05, 4.69) is 24.0 Å². The fourth-order valence-electron chi connectivity index (χ4n) is 1.36. The normalized spacial score (nSPS) is 11.4. The van der Waals surface area contributed by atoms with Gasteiger partial charge in [-0.05, 0) is 23.6 Å². The standard InChI is InChI=1S/C10H11FN2/c1-6(2)7-3-4-9-8(5-7)10(11)13-12-9/h3-6H,1-2H3,(H,12,13). The van der Waals surface area contributed by atoms with Gasteiger partial charge in [0.15, 0.2) is 0 Å². The van der Waals surface area contributed by atoms with Gasteiger partial charge in [-0.15, -0.1) is 0 Å². The van der Waals surface area contributed by atoms with Gasteiger partial charge in [0.25, 0.3) is 0 Å². The van der Waals surface area contributed by atoms with E-state index in [1.807, 2.05) is 18.2 Å². The van der Waals surface area contributed by atoms with Gasteiger partial charge in [0.2, 0.25) is 5.95 Å². The molecule has 0 fully saturated rings. The summed E-state index contributed by atoms with van der Waals surface area (Å²) in [5, 5.41) is 6.72. The van der Waals surface area contributed by atoms with E-state index in [9.17, 15) is 4.39 Å². The molecule has 0 saturated heterocycles. The maximum atomic E-state index is 13.1. The van der Waals surface area contributed by atoms with Crippen LogP contribution in [-0.2, 0) is 0 Å². The molecule has 1 N–H and O–H groups in total. The molecular formula is C10H11FN2. The zero-order valence-corrected chi connectivity index (χ0v) is 7.63. The second-order valence-electron chi connectivity index (χ2n) is 3.47. The molecule has 0 saturated carbocycles. The van der Waals surface area contributed by atoms with Crippen molar-refractivity contribution in [3.63, 3.8) is 0 Å². The van der Waals surface area contributed by atoms with Crippen molar-refractivity contribution >= 4 is 10.9 Å². The van der Waals surface area contributed by atoms with Gasteiger partial charge in [-0.1, -0.05) is 19.9 Å². The van der Waals surface area contributed by atoms with Gasteiger partial charge >= 0.3 is 0 Å². The van der Waals surface area contributed by atoms with Crippen molar-refractivity contribution in [2.75, 3.05) is 0 Å². The molecule has 0 spiro atoms. The minimum absolute atomic E-state index is 0.350. The van der Waals surface area contributed by atoms with Crippen molar-refractivity contribution in [3.05, 3.63) is 29.7 Å².